The van der Waals surface area contributed by atoms with E-state index in [9.17, 15) is 17.6 Å². The van der Waals surface area contributed by atoms with Gasteiger partial charge in [-0.2, -0.15) is 0 Å². The third-order valence-corrected chi connectivity index (χ3v) is 7.81. The highest BCUT2D eigenvalue weighted by molar-refractivity contribution is 7.92. The Balaban J connectivity index is 1.63. The quantitative estimate of drug-likeness (QED) is 0.584. The van der Waals surface area contributed by atoms with Crippen LogP contribution in [-0.2, 0) is 25.0 Å². The first-order chi connectivity index (χ1) is 15.8. The van der Waals surface area contributed by atoms with Gasteiger partial charge in [-0.15, -0.1) is 0 Å². The minimum atomic E-state index is -3.84. The van der Waals surface area contributed by atoms with Gasteiger partial charge in [0.1, 0.15) is 5.82 Å². The number of carbonyl (C=O) groups excluding carboxylic acids is 1. The van der Waals surface area contributed by atoms with Crippen LogP contribution in [0.15, 0.2) is 83.8 Å². The van der Waals surface area contributed by atoms with Crippen molar-refractivity contribution >= 4 is 27.3 Å². The van der Waals surface area contributed by atoms with Gasteiger partial charge in [0.15, 0.2) is 0 Å². The minimum Gasteiger partial charge on any atom is -0.381 e. The van der Waals surface area contributed by atoms with Crippen LogP contribution in [0.2, 0.25) is 0 Å². The number of carbonyl (C=O) groups is 1. The van der Waals surface area contributed by atoms with E-state index in [4.69, 9.17) is 4.74 Å². The number of anilines is 2. The number of nitrogens with zero attached hydrogens (tertiary/aromatic N) is 1. The predicted molar refractivity (Wildman–Crippen MR) is 125 cm³/mol. The zero-order valence-corrected chi connectivity index (χ0v) is 19.0. The van der Waals surface area contributed by atoms with Crippen LogP contribution in [0.1, 0.15) is 18.4 Å². The molecule has 1 heterocycles. The maximum Gasteiger partial charge on any atom is 0.264 e. The van der Waals surface area contributed by atoms with Gasteiger partial charge in [0.05, 0.1) is 16.0 Å². The molecule has 0 aliphatic carbocycles. The summed E-state index contributed by atoms with van der Waals surface area (Å²) in [5.74, 6) is -0.731. The Morgan fingerprint density at radius 2 is 1.67 bits per heavy atom. The Hall–Kier alpha value is -3.23. The van der Waals surface area contributed by atoms with Crippen LogP contribution in [0.5, 0.6) is 0 Å². The van der Waals surface area contributed by atoms with E-state index in [1.807, 2.05) is 6.07 Å². The van der Waals surface area contributed by atoms with E-state index in [2.05, 4.69) is 5.32 Å². The van der Waals surface area contributed by atoms with Gasteiger partial charge in [0, 0.05) is 25.9 Å². The van der Waals surface area contributed by atoms with Gasteiger partial charge in [-0.25, -0.2) is 12.8 Å². The van der Waals surface area contributed by atoms with Gasteiger partial charge in [0.25, 0.3) is 10.0 Å². The molecule has 1 saturated heterocycles. The second kappa shape index (κ2) is 9.33. The summed E-state index contributed by atoms with van der Waals surface area (Å²) in [5, 5.41) is 2.86. The monoisotopic (exact) mass is 468 g/mol. The summed E-state index contributed by atoms with van der Waals surface area (Å²) in [7, 11) is -2.35. The van der Waals surface area contributed by atoms with Gasteiger partial charge in [0.2, 0.25) is 5.91 Å². The molecule has 0 radical (unpaired) electrons. The van der Waals surface area contributed by atoms with Crippen LogP contribution in [0.4, 0.5) is 15.8 Å². The van der Waals surface area contributed by atoms with Crippen molar-refractivity contribution in [2.45, 2.75) is 23.2 Å². The molecule has 1 amide bonds. The molecular formula is C25H25FN2O4S. The smallest absolute Gasteiger partial charge is 0.264 e. The highest BCUT2D eigenvalue weighted by Gasteiger charge is 2.42. The van der Waals surface area contributed by atoms with Crippen molar-refractivity contribution < 1.29 is 22.3 Å². The van der Waals surface area contributed by atoms with Gasteiger partial charge >= 0.3 is 0 Å². The fraction of sp³-hybridized carbons (Fsp3) is 0.240. The lowest BCUT2D eigenvalue weighted by Gasteiger charge is -2.36. The Morgan fingerprint density at radius 1 is 0.970 bits per heavy atom. The van der Waals surface area contributed by atoms with Crippen molar-refractivity contribution in [2.75, 3.05) is 29.9 Å². The summed E-state index contributed by atoms with van der Waals surface area (Å²) in [6, 6.07) is 20.9. The number of rotatable bonds is 6. The molecule has 33 heavy (non-hydrogen) atoms. The Kier molecular flexibility index (Phi) is 6.49. The molecular weight excluding hydrogens is 443 g/mol. The molecule has 0 spiro atoms. The maximum atomic E-state index is 13.9. The van der Waals surface area contributed by atoms with E-state index in [0.717, 1.165) is 0 Å². The number of ether oxygens (including phenoxy) is 1. The number of amides is 1. The summed E-state index contributed by atoms with van der Waals surface area (Å²) < 4.78 is 46.9. The zero-order chi connectivity index (χ0) is 23.5. The standard InChI is InChI=1S/C25H25FN2O4S/c1-28(22-10-3-2-4-11-22)33(30,31)23-12-6-9-21(18-23)27-24(29)25(13-15-32-16-14-25)19-7-5-8-20(26)17-19/h2-12,17-18H,13-16H2,1H3,(H,27,29). The van der Waals surface area contributed by atoms with Crippen LogP contribution in [0.25, 0.3) is 0 Å². The molecule has 4 rings (SSSR count). The van der Waals surface area contributed by atoms with E-state index >= 15 is 0 Å². The Bertz CT molecular complexity index is 1240. The predicted octanol–water partition coefficient (Wildman–Crippen LogP) is 4.34. The number of halogens is 1. The lowest BCUT2D eigenvalue weighted by Crippen LogP contribution is -2.45. The van der Waals surface area contributed by atoms with Gasteiger partial charge in [-0.1, -0.05) is 36.4 Å². The number of hydrogen-bond acceptors (Lipinski definition) is 4. The van der Waals surface area contributed by atoms with Crippen LogP contribution in [0, 0.1) is 5.82 Å². The third kappa shape index (κ3) is 4.62. The van der Waals surface area contributed by atoms with Crippen LogP contribution >= 0.6 is 0 Å². The normalized spacial score (nSPS) is 15.6. The number of nitrogens with one attached hydrogen (secondary N) is 1. The summed E-state index contributed by atoms with van der Waals surface area (Å²) in [5.41, 5.74) is 0.496. The molecule has 0 saturated carbocycles. The summed E-state index contributed by atoms with van der Waals surface area (Å²) >= 11 is 0. The van der Waals surface area contributed by atoms with Crippen molar-refractivity contribution in [3.63, 3.8) is 0 Å². The molecule has 0 atom stereocenters. The Morgan fingerprint density at radius 3 is 2.36 bits per heavy atom. The van der Waals surface area contributed by atoms with E-state index < -0.39 is 21.3 Å². The van der Waals surface area contributed by atoms with Gasteiger partial charge in [-0.3, -0.25) is 9.10 Å². The van der Waals surface area contributed by atoms with E-state index in [1.54, 1.807) is 48.5 Å². The molecule has 1 fully saturated rings. The summed E-state index contributed by atoms with van der Waals surface area (Å²) in [6.45, 7) is 0.750. The van der Waals surface area contributed by atoms with E-state index in [-0.39, 0.29) is 10.8 Å². The first kappa shape index (κ1) is 22.9. The van der Waals surface area contributed by atoms with Crippen molar-refractivity contribution in [3.8, 4) is 0 Å². The number of sulfonamides is 1. The van der Waals surface area contributed by atoms with Crippen molar-refractivity contribution in [2.24, 2.45) is 0 Å². The number of benzene rings is 3. The Labute approximate surface area is 193 Å². The molecule has 0 bridgehead atoms. The lowest BCUT2D eigenvalue weighted by atomic mass is 9.73. The molecule has 1 aliphatic rings. The topological polar surface area (TPSA) is 75.7 Å². The molecule has 3 aromatic rings. The van der Waals surface area contributed by atoms with Crippen LogP contribution < -0.4 is 9.62 Å². The highest BCUT2D eigenvalue weighted by Crippen LogP contribution is 2.36. The van der Waals surface area contributed by atoms with Crippen molar-refractivity contribution in [3.05, 3.63) is 90.2 Å². The molecule has 0 aromatic heterocycles. The first-order valence-electron chi connectivity index (χ1n) is 10.6. The van der Waals surface area contributed by atoms with Gasteiger partial charge < -0.3 is 10.1 Å². The fourth-order valence-corrected chi connectivity index (χ4v) is 5.31. The third-order valence-electron chi connectivity index (χ3n) is 6.03. The molecule has 1 aliphatic heterocycles. The SMILES string of the molecule is CN(c1ccccc1)S(=O)(=O)c1cccc(NC(=O)C2(c3cccc(F)c3)CCOCC2)c1. The molecule has 1 N–H and O–H groups in total. The molecule has 3 aromatic carbocycles. The lowest BCUT2D eigenvalue weighted by molar-refractivity contribution is -0.125. The molecule has 6 nitrogen and oxygen atoms in total. The molecule has 172 valence electrons. The van der Waals surface area contributed by atoms with Crippen LogP contribution in [-0.4, -0.2) is 34.6 Å². The average molecular weight is 469 g/mol. The second-order valence-corrected chi connectivity index (χ2v) is 9.96. The summed E-state index contributed by atoms with van der Waals surface area (Å²) in [4.78, 5) is 13.5. The highest BCUT2D eigenvalue weighted by atomic mass is 32.2. The van der Waals surface area contributed by atoms with E-state index in [1.165, 1.54) is 35.6 Å². The van der Waals surface area contributed by atoms with Crippen molar-refractivity contribution in [1.82, 2.24) is 0 Å². The van der Waals surface area contributed by atoms with Crippen molar-refractivity contribution in [1.29, 1.82) is 0 Å². The average Bonchev–Trinajstić information content (AvgIpc) is 2.84. The molecule has 0 unspecified atom stereocenters. The molecule has 8 heteroatoms. The minimum absolute atomic E-state index is 0.0541. The van der Waals surface area contributed by atoms with Crippen LogP contribution in [0.3, 0.4) is 0 Å². The van der Waals surface area contributed by atoms with E-state index in [0.29, 0.717) is 43.0 Å². The number of para-hydroxylation sites is 1. The fourth-order valence-electron chi connectivity index (χ4n) is 4.07. The zero-order valence-electron chi connectivity index (χ0n) is 18.2. The van der Waals surface area contributed by atoms with Gasteiger partial charge in [-0.05, 0) is 60.9 Å². The first-order valence-corrected chi connectivity index (χ1v) is 12.1. The maximum absolute atomic E-state index is 13.9. The summed E-state index contributed by atoms with van der Waals surface area (Å²) in [6.07, 6.45) is 0.800. The second-order valence-electron chi connectivity index (χ2n) is 7.99. The number of hydrogen-bond donors (Lipinski definition) is 1. The largest absolute Gasteiger partial charge is 0.381 e.